The van der Waals surface area contributed by atoms with Gasteiger partial charge in [0, 0.05) is 36.5 Å². The van der Waals surface area contributed by atoms with Crippen molar-refractivity contribution >= 4 is 23.9 Å². The number of alkyl halides is 3. The van der Waals surface area contributed by atoms with Crippen molar-refractivity contribution < 1.29 is 22.8 Å². The lowest BCUT2D eigenvalue weighted by molar-refractivity contribution is -0.137. The smallest absolute Gasteiger partial charge is 0.338 e. The van der Waals surface area contributed by atoms with Gasteiger partial charge in [-0.3, -0.25) is 19.2 Å². The van der Waals surface area contributed by atoms with Crippen LogP contribution >= 0.6 is 0 Å². The van der Waals surface area contributed by atoms with Crippen LogP contribution < -0.4 is 4.90 Å². The SMILES string of the molecule is N#CCC1(n2cc(-c3cccc4nc(N(C=O)C5CC5)nn34)cn2)CCN(C(=O)c2cccc(C(F)(F)F)c2)CC1. The van der Waals surface area contributed by atoms with Crippen LogP contribution in [0.3, 0.4) is 0 Å². The molecule has 210 valence electrons. The minimum Gasteiger partial charge on any atom is -0.338 e. The van der Waals surface area contributed by atoms with Crippen molar-refractivity contribution in [1.29, 1.82) is 5.26 Å². The van der Waals surface area contributed by atoms with Crippen LogP contribution in [0.1, 0.15) is 48.0 Å². The molecular weight excluding hydrogens is 537 g/mol. The molecule has 2 aliphatic rings. The van der Waals surface area contributed by atoms with Crippen LogP contribution in [0.4, 0.5) is 19.1 Å². The maximum absolute atomic E-state index is 13.2. The van der Waals surface area contributed by atoms with Crippen LogP contribution in [0, 0.1) is 11.3 Å². The quantitative estimate of drug-likeness (QED) is 0.311. The number of aromatic nitrogens is 5. The highest BCUT2D eigenvalue weighted by molar-refractivity contribution is 5.94. The predicted octanol–water partition coefficient (Wildman–Crippen LogP) is 4.28. The Bertz CT molecular complexity index is 1660. The molecule has 6 rings (SSSR count). The molecule has 0 unspecified atom stereocenters. The molecule has 1 aliphatic heterocycles. The number of nitriles is 1. The van der Waals surface area contributed by atoms with E-state index in [1.54, 1.807) is 21.5 Å². The topological polar surface area (TPSA) is 112 Å². The molecule has 3 aromatic heterocycles. The Labute approximate surface area is 232 Å². The first kappa shape index (κ1) is 26.5. The van der Waals surface area contributed by atoms with Gasteiger partial charge in [0.15, 0.2) is 5.65 Å². The van der Waals surface area contributed by atoms with Crippen molar-refractivity contribution in [3.05, 3.63) is 66.0 Å². The van der Waals surface area contributed by atoms with E-state index in [4.69, 9.17) is 0 Å². The van der Waals surface area contributed by atoms with Crippen molar-refractivity contribution in [2.75, 3.05) is 18.0 Å². The summed E-state index contributed by atoms with van der Waals surface area (Å²) in [5.74, 6) is -0.145. The van der Waals surface area contributed by atoms with Gasteiger partial charge in [0.05, 0.1) is 35.5 Å². The van der Waals surface area contributed by atoms with Crippen LogP contribution in [0.2, 0.25) is 0 Å². The lowest BCUT2D eigenvalue weighted by Gasteiger charge is -2.40. The number of halogens is 3. The number of hydrogen-bond acceptors (Lipinski definition) is 6. The van der Waals surface area contributed by atoms with Crippen molar-refractivity contribution in [3.63, 3.8) is 0 Å². The predicted molar refractivity (Wildman–Crippen MR) is 141 cm³/mol. The number of carbonyl (C=O) groups is 2. The maximum Gasteiger partial charge on any atom is 0.416 e. The van der Waals surface area contributed by atoms with E-state index in [9.17, 15) is 28.0 Å². The standard InChI is InChI=1S/C28H25F3N8O2/c29-28(30,31)21-4-1-3-19(15-21)25(41)36-13-10-27(9-12-32,11-14-36)38-17-20(16-33-38)23-5-2-6-24-34-26(35-39(23)24)37(18-40)22-7-8-22/h1-6,15-18,22H,7-11,13-14H2. The molecule has 0 spiro atoms. The lowest BCUT2D eigenvalue weighted by atomic mass is 9.84. The number of anilines is 1. The Morgan fingerprint density at radius 3 is 2.61 bits per heavy atom. The minimum absolute atomic E-state index is 0.0240. The van der Waals surface area contributed by atoms with Crippen LogP contribution in [0.5, 0.6) is 0 Å². The molecule has 4 aromatic rings. The average molecular weight is 563 g/mol. The third-order valence-electron chi connectivity index (χ3n) is 7.82. The van der Waals surface area contributed by atoms with E-state index >= 15 is 0 Å². The lowest BCUT2D eigenvalue weighted by Crippen LogP contribution is -2.48. The number of carbonyl (C=O) groups excluding carboxylic acids is 2. The monoisotopic (exact) mass is 562 g/mol. The van der Waals surface area contributed by atoms with Crippen molar-refractivity contribution in [1.82, 2.24) is 29.3 Å². The highest BCUT2D eigenvalue weighted by atomic mass is 19.4. The number of likely N-dealkylation sites (tertiary alicyclic amines) is 1. The second-order valence-electron chi connectivity index (χ2n) is 10.4. The third-order valence-corrected chi connectivity index (χ3v) is 7.82. The number of amides is 2. The molecule has 0 bridgehead atoms. The summed E-state index contributed by atoms with van der Waals surface area (Å²) in [5.41, 5.74) is 0.424. The van der Waals surface area contributed by atoms with Crippen LogP contribution in [-0.2, 0) is 16.5 Å². The first-order valence-corrected chi connectivity index (χ1v) is 13.2. The first-order valence-electron chi connectivity index (χ1n) is 13.2. The molecule has 10 nitrogen and oxygen atoms in total. The van der Waals surface area contributed by atoms with Gasteiger partial charge in [-0.1, -0.05) is 12.1 Å². The second kappa shape index (κ2) is 10.0. The Kier molecular flexibility index (Phi) is 6.48. The minimum atomic E-state index is -4.54. The van der Waals surface area contributed by atoms with Crippen LogP contribution in [0.15, 0.2) is 54.9 Å². The maximum atomic E-state index is 13.2. The summed E-state index contributed by atoms with van der Waals surface area (Å²) in [7, 11) is 0. The van der Waals surface area contributed by atoms with Crippen molar-refractivity contribution in [2.45, 2.75) is 49.9 Å². The number of fused-ring (bicyclic) bond motifs is 1. The third kappa shape index (κ3) is 4.90. The zero-order valence-electron chi connectivity index (χ0n) is 21.8. The van der Waals surface area contributed by atoms with Gasteiger partial charge in [-0.05, 0) is 56.0 Å². The van der Waals surface area contributed by atoms with Gasteiger partial charge in [-0.25, -0.2) is 4.52 Å². The largest absolute Gasteiger partial charge is 0.416 e. The van der Waals surface area contributed by atoms with E-state index in [1.807, 2.05) is 18.3 Å². The Morgan fingerprint density at radius 2 is 1.93 bits per heavy atom. The molecular formula is C28H25F3N8O2. The fourth-order valence-corrected chi connectivity index (χ4v) is 5.36. The zero-order valence-corrected chi connectivity index (χ0v) is 21.8. The normalized spacial score (nSPS) is 16.9. The highest BCUT2D eigenvalue weighted by Crippen LogP contribution is 2.36. The van der Waals surface area contributed by atoms with Crippen LogP contribution in [0.25, 0.3) is 16.9 Å². The fraction of sp³-hybridized carbons (Fsp3) is 0.357. The highest BCUT2D eigenvalue weighted by Gasteiger charge is 2.39. The summed E-state index contributed by atoms with van der Waals surface area (Å²) >= 11 is 0. The number of piperidine rings is 1. The van der Waals surface area contributed by atoms with Crippen molar-refractivity contribution in [3.8, 4) is 17.3 Å². The first-order chi connectivity index (χ1) is 19.7. The van der Waals surface area contributed by atoms with Gasteiger partial charge in [0.2, 0.25) is 6.41 Å². The van der Waals surface area contributed by atoms with Gasteiger partial charge in [-0.15, -0.1) is 5.10 Å². The number of pyridine rings is 1. The molecule has 0 atom stereocenters. The summed E-state index contributed by atoms with van der Waals surface area (Å²) in [6.45, 7) is 0.521. The van der Waals surface area contributed by atoms with Gasteiger partial charge in [0.1, 0.15) is 0 Å². The van der Waals surface area contributed by atoms with E-state index in [2.05, 4.69) is 21.3 Å². The molecule has 1 saturated heterocycles. The van der Waals surface area contributed by atoms with Gasteiger partial charge < -0.3 is 4.90 Å². The van der Waals surface area contributed by atoms with E-state index in [1.165, 1.54) is 21.9 Å². The Morgan fingerprint density at radius 1 is 1.17 bits per heavy atom. The number of nitrogens with zero attached hydrogens (tertiary/aromatic N) is 8. The number of hydrogen-bond donors (Lipinski definition) is 0. The molecule has 2 amide bonds. The molecule has 4 heterocycles. The summed E-state index contributed by atoms with van der Waals surface area (Å²) in [6, 6.07) is 12.3. The van der Waals surface area contributed by atoms with Gasteiger partial charge >= 0.3 is 6.18 Å². The summed E-state index contributed by atoms with van der Waals surface area (Å²) in [6.07, 6.45) is 2.49. The molecule has 1 aromatic carbocycles. The number of rotatable bonds is 7. The molecule has 41 heavy (non-hydrogen) atoms. The van der Waals surface area contributed by atoms with E-state index in [0.717, 1.165) is 36.9 Å². The van der Waals surface area contributed by atoms with Crippen molar-refractivity contribution in [2.24, 2.45) is 0 Å². The fourth-order valence-electron chi connectivity index (χ4n) is 5.36. The zero-order chi connectivity index (χ0) is 28.8. The van der Waals surface area contributed by atoms with E-state index in [0.29, 0.717) is 30.1 Å². The Balaban J connectivity index is 1.24. The Hall–Kier alpha value is -4.73. The van der Waals surface area contributed by atoms with Gasteiger partial charge in [-0.2, -0.15) is 28.5 Å². The van der Waals surface area contributed by atoms with E-state index in [-0.39, 0.29) is 31.1 Å². The number of benzene rings is 1. The molecule has 1 aliphatic carbocycles. The molecule has 1 saturated carbocycles. The molecule has 0 radical (unpaired) electrons. The second-order valence-corrected chi connectivity index (χ2v) is 10.4. The average Bonchev–Trinajstić information content (AvgIpc) is 3.50. The van der Waals surface area contributed by atoms with Gasteiger partial charge in [0.25, 0.3) is 11.9 Å². The summed E-state index contributed by atoms with van der Waals surface area (Å²) in [4.78, 5) is 32.2. The van der Waals surface area contributed by atoms with Crippen LogP contribution in [-0.4, -0.2) is 60.7 Å². The van der Waals surface area contributed by atoms with E-state index < -0.39 is 23.2 Å². The molecule has 2 fully saturated rings. The molecule has 13 heteroatoms. The summed E-state index contributed by atoms with van der Waals surface area (Å²) in [5, 5.41) is 18.8. The summed E-state index contributed by atoms with van der Waals surface area (Å²) < 4.78 is 42.9. The molecule has 0 N–H and O–H groups in total.